The summed E-state index contributed by atoms with van der Waals surface area (Å²) in [5.41, 5.74) is 0. The first-order chi connectivity index (χ1) is 7.02. The molecule has 0 saturated carbocycles. The summed E-state index contributed by atoms with van der Waals surface area (Å²) >= 11 is 0. The van der Waals surface area contributed by atoms with E-state index in [4.69, 9.17) is 4.74 Å². The second-order valence-electron chi connectivity index (χ2n) is 4.46. The molecule has 0 saturated heterocycles. The van der Waals surface area contributed by atoms with Crippen LogP contribution in [-0.2, 0) is 9.53 Å². The van der Waals surface area contributed by atoms with Crippen LogP contribution in [0.15, 0.2) is 12.2 Å². The van der Waals surface area contributed by atoms with Crippen LogP contribution in [0.25, 0.3) is 0 Å². The van der Waals surface area contributed by atoms with Crippen molar-refractivity contribution in [3.05, 3.63) is 12.2 Å². The van der Waals surface area contributed by atoms with E-state index in [2.05, 4.69) is 26.0 Å². The van der Waals surface area contributed by atoms with Crippen LogP contribution in [0.2, 0.25) is 0 Å². The number of ether oxygens (including phenoxy) is 1. The number of allylic oxidation sites excluding steroid dienone is 2. The Kier molecular flexibility index (Phi) is 8.06. The highest BCUT2D eigenvalue weighted by Gasteiger charge is 2.03. The van der Waals surface area contributed by atoms with E-state index >= 15 is 0 Å². The minimum Gasteiger partial charge on any atom is -0.463 e. The molecule has 2 nitrogen and oxygen atoms in total. The van der Waals surface area contributed by atoms with Crippen molar-refractivity contribution in [1.82, 2.24) is 0 Å². The summed E-state index contributed by atoms with van der Waals surface area (Å²) in [4.78, 5) is 11.2. The molecule has 0 amide bonds. The van der Waals surface area contributed by atoms with E-state index in [0.29, 0.717) is 12.3 Å². The van der Waals surface area contributed by atoms with Gasteiger partial charge in [-0.25, -0.2) is 0 Å². The third kappa shape index (κ3) is 11.1. The van der Waals surface area contributed by atoms with Gasteiger partial charge < -0.3 is 4.74 Å². The van der Waals surface area contributed by atoms with Gasteiger partial charge in [0.2, 0.25) is 0 Å². The molecule has 0 fully saturated rings. The minimum absolute atomic E-state index is 0.0123. The van der Waals surface area contributed by atoms with Crippen LogP contribution in [0.5, 0.6) is 0 Å². The summed E-state index contributed by atoms with van der Waals surface area (Å²) in [7, 11) is 0. The molecule has 0 aliphatic rings. The molecule has 0 N–H and O–H groups in total. The van der Waals surface area contributed by atoms with E-state index in [9.17, 15) is 4.79 Å². The Morgan fingerprint density at radius 2 is 1.87 bits per heavy atom. The van der Waals surface area contributed by atoms with Gasteiger partial charge >= 0.3 is 5.97 Å². The lowest BCUT2D eigenvalue weighted by Gasteiger charge is -2.06. The van der Waals surface area contributed by atoms with Crippen molar-refractivity contribution in [2.45, 2.75) is 59.5 Å². The second-order valence-corrected chi connectivity index (χ2v) is 4.46. The fraction of sp³-hybridized carbons (Fsp3) is 0.769. The summed E-state index contributed by atoms with van der Waals surface area (Å²) < 4.78 is 5.04. The molecule has 88 valence electrons. The molecule has 0 spiro atoms. The predicted molar refractivity (Wildman–Crippen MR) is 63.7 cm³/mol. The fourth-order valence-corrected chi connectivity index (χ4v) is 1.22. The van der Waals surface area contributed by atoms with Crippen LogP contribution >= 0.6 is 0 Å². The minimum atomic E-state index is -0.0714. The van der Waals surface area contributed by atoms with E-state index in [0.717, 1.165) is 19.3 Å². The normalized spacial score (nSPS) is 11.6. The molecule has 0 aromatic rings. The zero-order valence-electron chi connectivity index (χ0n) is 10.5. The zero-order chi connectivity index (χ0) is 11.7. The van der Waals surface area contributed by atoms with Gasteiger partial charge in [-0.05, 0) is 39.0 Å². The number of rotatable bonds is 7. The first-order valence-electron chi connectivity index (χ1n) is 5.88. The maximum absolute atomic E-state index is 11.2. The van der Waals surface area contributed by atoms with Crippen molar-refractivity contribution in [1.29, 1.82) is 0 Å². The highest BCUT2D eigenvalue weighted by atomic mass is 16.5. The maximum Gasteiger partial charge on any atom is 0.306 e. The molecule has 0 aromatic carbocycles. The standard InChI is InChI=1S/C13H24O2/c1-11(2)9-7-5-6-8-10-13(14)15-12(3)4/h7,9,11-12H,5-6,8,10H2,1-4H3/b9-7+. The Morgan fingerprint density at radius 1 is 1.20 bits per heavy atom. The van der Waals surface area contributed by atoms with E-state index in [1.54, 1.807) is 0 Å². The van der Waals surface area contributed by atoms with Gasteiger partial charge in [-0.2, -0.15) is 0 Å². The molecule has 0 aliphatic heterocycles. The largest absolute Gasteiger partial charge is 0.463 e. The van der Waals surface area contributed by atoms with Crippen LogP contribution in [0.4, 0.5) is 0 Å². The van der Waals surface area contributed by atoms with Gasteiger partial charge in [0.15, 0.2) is 0 Å². The SMILES string of the molecule is CC(C)/C=C/CCCCC(=O)OC(C)C. The molecule has 0 atom stereocenters. The van der Waals surface area contributed by atoms with Gasteiger partial charge in [0.25, 0.3) is 0 Å². The molecular formula is C13H24O2. The lowest BCUT2D eigenvalue weighted by atomic mass is 10.1. The van der Waals surface area contributed by atoms with E-state index in [1.807, 2.05) is 13.8 Å². The van der Waals surface area contributed by atoms with Gasteiger partial charge in [-0.1, -0.05) is 26.0 Å². The number of carbonyl (C=O) groups is 1. The van der Waals surface area contributed by atoms with Crippen LogP contribution in [-0.4, -0.2) is 12.1 Å². The van der Waals surface area contributed by atoms with Gasteiger partial charge in [-0.15, -0.1) is 0 Å². The number of carbonyl (C=O) groups excluding carboxylic acids is 1. The Labute approximate surface area is 93.7 Å². The summed E-state index contributed by atoms with van der Waals surface area (Å²) in [6.45, 7) is 8.08. The molecule has 0 bridgehead atoms. The fourth-order valence-electron chi connectivity index (χ4n) is 1.22. The molecule has 0 aromatic heterocycles. The predicted octanol–water partition coefficient (Wildman–Crippen LogP) is 3.71. The zero-order valence-corrected chi connectivity index (χ0v) is 10.5. The van der Waals surface area contributed by atoms with E-state index in [-0.39, 0.29) is 12.1 Å². The Bertz CT molecular complexity index is 193. The molecule has 0 unspecified atom stereocenters. The van der Waals surface area contributed by atoms with Crippen molar-refractivity contribution in [3.8, 4) is 0 Å². The molecule has 0 heterocycles. The molecule has 2 heteroatoms. The van der Waals surface area contributed by atoms with Crippen molar-refractivity contribution in [2.75, 3.05) is 0 Å². The summed E-state index contributed by atoms with van der Waals surface area (Å²) in [6, 6.07) is 0. The molecule has 0 rings (SSSR count). The summed E-state index contributed by atoms with van der Waals surface area (Å²) in [5.74, 6) is 0.550. The van der Waals surface area contributed by atoms with Crippen molar-refractivity contribution < 1.29 is 9.53 Å². The second kappa shape index (κ2) is 8.51. The number of hydrogen-bond donors (Lipinski definition) is 0. The van der Waals surface area contributed by atoms with Gasteiger partial charge in [-0.3, -0.25) is 4.79 Å². The van der Waals surface area contributed by atoms with Gasteiger partial charge in [0, 0.05) is 6.42 Å². The monoisotopic (exact) mass is 212 g/mol. The Balaban J connectivity index is 3.35. The topological polar surface area (TPSA) is 26.3 Å². The van der Waals surface area contributed by atoms with E-state index in [1.165, 1.54) is 0 Å². The number of esters is 1. The quantitative estimate of drug-likeness (QED) is 0.365. The van der Waals surface area contributed by atoms with Crippen LogP contribution in [0.1, 0.15) is 53.4 Å². The average molecular weight is 212 g/mol. The van der Waals surface area contributed by atoms with Gasteiger partial charge in [0.05, 0.1) is 6.10 Å². The Hall–Kier alpha value is -0.790. The first-order valence-corrected chi connectivity index (χ1v) is 5.88. The highest BCUT2D eigenvalue weighted by molar-refractivity contribution is 5.69. The third-order valence-corrected chi connectivity index (χ3v) is 1.89. The number of hydrogen-bond acceptors (Lipinski definition) is 2. The average Bonchev–Trinajstić information content (AvgIpc) is 2.09. The summed E-state index contributed by atoms with van der Waals surface area (Å²) in [6.07, 6.45) is 8.01. The lowest BCUT2D eigenvalue weighted by Crippen LogP contribution is -2.10. The lowest BCUT2D eigenvalue weighted by molar-refractivity contribution is -0.147. The Morgan fingerprint density at radius 3 is 2.40 bits per heavy atom. The number of unbranched alkanes of at least 4 members (excludes halogenated alkanes) is 2. The molecule has 0 radical (unpaired) electrons. The van der Waals surface area contributed by atoms with Gasteiger partial charge in [0.1, 0.15) is 0 Å². The van der Waals surface area contributed by atoms with E-state index < -0.39 is 0 Å². The molecule has 15 heavy (non-hydrogen) atoms. The molecule has 0 aliphatic carbocycles. The first kappa shape index (κ1) is 14.2. The van der Waals surface area contributed by atoms with Crippen LogP contribution < -0.4 is 0 Å². The highest BCUT2D eigenvalue weighted by Crippen LogP contribution is 2.05. The van der Waals surface area contributed by atoms with Crippen molar-refractivity contribution in [3.63, 3.8) is 0 Å². The summed E-state index contributed by atoms with van der Waals surface area (Å²) in [5, 5.41) is 0. The third-order valence-electron chi connectivity index (χ3n) is 1.89. The van der Waals surface area contributed by atoms with Crippen LogP contribution in [0, 0.1) is 5.92 Å². The van der Waals surface area contributed by atoms with Crippen molar-refractivity contribution in [2.24, 2.45) is 5.92 Å². The van der Waals surface area contributed by atoms with Crippen molar-refractivity contribution >= 4 is 5.97 Å². The molecular weight excluding hydrogens is 188 g/mol. The van der Waals surface area contributed by atoms with Crippen LogP contribution in [0.3, 0.4) is 0 Å². The smallest absolute Gasteiger partial charge is 0.306 e. The maximum atomic E-state index is 11.2.